The number of aromatic nitrogens is 4. The molecule has 0 radical (unpaired) electrons. The number of anilines is 1. The first-order valence-electron chi connectivity index (χ1n) is 9.20. The summed E-state index contributed by atoms with van der Waals surface area (Å²) in [4.78, 5) is 8.66. The van der Waals surface area contributed by atoms with Crippen molar-refractivity contribution in [1.29, 1.82) is 0 Å². The Kier molecular flexibility index (Phi) is 5.93. The maximum Gasteiger partial charge on any atom is 0.326 e. The van der Waals surface area contributed by atoms with Crippen LogP contribution in [-0.2, 0) is 10.2 Å². The van der Waals surface area contributed by atoms with Crippen LogP contribution in [0, 0.1) is 5.82 Å². The van der Waals surface area contributed by atoms with E-state index in [1.54, 1.807) is 24.3 Å². The third kappa shape index (κ3) is 4.94. The SMILES string of the molecule is CC(Nc1nc(Oc2ccc(F)cc2)nc2n[nH]c(-c3ccccc3Cl)c12)NS(N)(=O)=O. The summed E-state index contributed by atoms with van der Waals surface area (Å²) in [6.45, 7) is 1.54. The van der Waals surface area contributed by atoms with Crippen LogP contribution in [0.1, 0.15) is 6.92 Å². The van der Waals surface area contributed by atoms with Gasteiger partial charge in [0, 0.05) is 10.6 Å². The van der Waals surface area contributed by atoms with Gasteiger partial charge in [-0.25, -0.2) is 9.53 Å². The Hall–Kier alpha value is -3.32. The molecule has 0 aliphatic heterocycles. The van der Waals surface area contributed by atoms with Crippen LogP contribution in [0.4, 0.5) is 10.2 Å². The molecule has 32 heavy (non-hydrogen) atoms. The molecule has 0 fully saturated rings. The van der Waals surface area contributed by atoms with Crippen molar-refractivity contribution >= 4 is 38.7 Å². The fraction of sp³-hybridized carbons (Fsp3) is 0.105. The Morgan fingerprint density at radius 1 is 1.16 bits per heavy atom. The maximum absolute atomic E-state index is 13.2. The third-order valence-electron chi connectivity index (χ3n) is 4.25. The molecular weight excluding hydrogens is 461 g/mol. The predicted octanol–water partition coefficient (Wildman–Crippen LogP) is 3.16. The zero-order chi connectivity index (χ0) is 22.9. The number of H-pyrrole nitrogens is 1. The number of ether oxygens (including phenoxy) is 1. The van der Waals surface area contributed by atoms with Crippen molar-refractivity contribution in [2.45, 2.75) is 13.1 Å². The minimum Gasteiger partial charge on any atom is -0.424 e. The number of halogens is 2. The summed E-state index contributed by atoms with van der Waals surface area (Å²) in [5.41, 5.74) is 1.39. The Morgan fingerprint density at radius 3 is 2.56 bits per heavy atom. The second kappa shape index (κ2) is 8.67. The number of nitrogens with two attached hydrogens (primary N) is 1. The van der Waals surface area contributed by atoms with Gasteiger partial charge < -0.3 is 10.1 Å². The van der Waals surface area contributed by atoms with Crippen molar-refractivity contribution in [3.63, 3.8) is 0 Å². The standard InChI is InChI=1S/C19H17ClFN7O3S/c1-10(28-32(22,29)30)23-17-15-16(13-4-2-3-5-14(13)20)26-27-18(15)25-19(24-17)31-12-8-6-11(21)7-9-12/h2-10,28H,1H3,(H2,22,29,30)(H2,23,24,25,26,27). The largest absolute Gasteiger partial charge is 0.424 e. The highest BCUT2D eigenvalue weighted by Crippen LogP contribution is 2.35. The molecule has 1 unspecified atom stereocenters. The number of nitrogens with one attached hydrogen (secondary N) is 3. The van der Waals surface area contributed by atoms with Crippen molar-refractivity contribution in [3.8, 4) is 23.0 Å². The van der Waals surface area contributed by atoms with E-state index in [1.165, 1.54) is 31.2 Å². The number of benzene rings is 2. The van der Waals surface area contributed by atoms with Gasteiger partial charge in [0.2, 0.25) is 0 Å². The van der Waals surface area contributed by atoms with Crippen molar-refractivity contribution in [2.75, 3.05) is 5.32 Å². The van der Waals surface area contributed by atoms with Crippen LogP contribution in [0.5, 0.6) is 11.8 Å². The molecule has 0 spiro atoms. The molecule has 2 aromatic carbocycles. The van der Waals surface area contributed by atoms with Gasteiger partial charge in [0.25, 0.3) is 10.2 Å². The van der Waals surface area contributed by atoms with Crippen LogP contribution in [-0.4, -0.2) is 34.7 Å². The summed E-state index contributed by atoms with van der Waals surface area (Å²) in [5, 5.41) is 16.0. The molecule has 2 heterocycles. The summed E-state index contributed by atoms with van der Waals surface area (Å²) in [6.07, 6.45) is -0.837. The van der Waals surface area contributed by atoms with E-state index in [0.29, 0.717) is 27.4 Å². The molecule has 0 bridgehead atoms. The number of fused-ring (bicyclic) bond motifs is 1. The summed E-state index contributed by atoms with van der Waals surface area (Å²) in [6, 6.07) is 12.3. The monoisotopic (exact) mass is 477 g/mol. The van der Waals surface area contributed by atoms with Crippen LogP contribution in [0.3, 0.4) is 0 Å². The molecule has 2 aromatic heterocycles. The van der Waals surface area contributed by atoms with E-state index >= 15 is 0 Å². The Morgan fingerprint density at radius 2 is 1.88 bits per heavy atom. The first kappa shape index (κ1) is 21.9. The van der Waals surface area contributed by atoms with Crippen molar-refractivity contribution in [2.24, 2.45) is 5.14 Å². The third-order valence-corrected chi connectivity index (χ3v) is 5.26. The van der Waals surface area contributed by atoms with Gasteiger partial charge in [0.15, 0.2) is 5.65 Å². The van der Waals surface area contributed by atoms with Gasteiger partial charge in [0.05, 0.1) is 17.2 Å². The van der Waals surface area contributed by atoms with Gasteiger partial charge >= 0.3 is 6.01 Å². The van der Waals surface area contributed by atoms with Crippen molar-refractivity contribution in [1.82, 2.24) is 24.9 Å². The van der Waals surface area contributed by atoms with Gasteiger partial charge in [-0.2, -0.15) is 28.2 Å². The van der Waals surface area contributed by atoms with Gasteiger partial charge in [-0.3, -0.25) is 5.10 Å². The van der Waals surface area contributed by atoms with E-state index in [4.69, 9.17) is 21.5 Å². The van der Waals surface area contributed by atoms with E-state index in [0.717, 1.165) is 0 Å². The van der Waals surface area contributed by atoms with Gasteiger partial charge in [-0.1, -0.05) is 29.8 Å². The Bertz CT molecular complexity index is 1380. The average Bonchev–Trinajstić information content (AvgIpc) is 3.13. The molecule has 0 aliphatic carbocycles. The molecule has 13 heteroatoms. The fourth-order valence-corrected chi connectivity index (χ4v) is 3.78. The molecule has 5 N–H and O–H groups in total. The highest BCUT2D eigenvalue weighted by Gasteiger charge is 2.21. The second-order valence-corrected chi connectivity index (χ2v) is 8.45. The number of aromatic amines is 1. The summed E-state index contributed by atoms with van der Waals surface area (Å²) in [5.74, 6) is 0.0874. The molecule has 4 rings (SSSR count). The average molecular weight is 478 g/mol. The zero-order valence-corrected chi connectivity index (χ0v) is 18.1. The van der Waals surface area contributed by atoms with Crippen LogP contribution in [0.2, 0.25) is 5.02 Å². The summed E-state index contributed by atoms with van der Waals surface area (Å²) >= 11 is 6.34. The van der Waals surface area contributed by atoms with Crippen molar-refractivity contribution < 1.29 is 17.5 Å². The van der Waals surface area contributed by atoms with E-state index < -0.39 is 22.2 Å². The molecule has 0 amide bonds. The first-order valence-corrected chi connectivity index (χ1v) is 11.1. The molecular formula is C19H17ClFN7O3S. The summed E-state index contributed by atoms with van der Waals surface area (Å²) < 4.78 is 43.9. The van der Waals surface area contributed by atoms with E-state index in [-0.39, 0.29) is 17.5 Å². The van der Waals surface area contributed by atoms with Crippen LogP contribution >= 0.6 is 11.6 Å². The van der Waals surface area contributed by atoms with Gasteiger partial charge in [-0.15, -0.1) is 0 Å². The summed E-state index contributed by atoms with van der Waals surface area (Å²) in [7, 11) is -3.98. The van der Waals surface area contributed by atoms with Gasteiger partial charge in [-0.05, 0) is 37.3 Å². The molecule has 10 nitrogen and oxygen atoms in total. The lowest BCUT2D eigenvalue weighted by atomic mass is 10.1. The second-order valence-electron chi connectivity index (χ2n) is 6.72. The van der Waals surface area contributed by atoms with Gasteiger partial charge in [0.1, 0.15) is 17.4 Å². The highest BCUT2D eigenvalue weighted by atomic mass is 35.5. The smallest absolute Gasteiger partial charge is 0.326 e. The maximum atomic E-state index is 13.2. The Balaban J connectivity index is 1.81. The first-order chi connectivity index (χ1) is 15.2. The molecule has 4 aromatic rings. The minimum absolute atomic E-state index is 0.0911. The normalized spacial score (nSPS) is 12.6. The molecule has 1 atom stereocenters. The van der Waals surface area contributed by atoms with Crippen LogP contribution in [0.25, 0.3) is 22.3 Å². The lowest BCUT2D eigenvalue weighted by Crippen LogP contribution is -2.42. The van der Waals surface area contributed by atoms with Crippen LogP contribution < -0.4 is 19.9 Å². The van der Waals surface area contributed by atoms with Crippen molar-refractivity contribution in [3.05, 3.63) is 59.4 Å². The highest BCUT2D eigenvalue weighted by molar-refractivity contribution is 7.87. The Labute approximate surface area is 187 Å². The van der Waals surface area contributed by atoms with Crippen LogP contribution in [0.15, 0.2) is 48.5 Å². The van der Waals surface area contributed by atoms with E-state index in [1.807, 2.05) is 0 Å². The molecule has 0 saturated heterocycles. The zero-order valence-electron chi connectivity index (χ0n) is 16.5. The number of rotatable bonds is 7. The minimum atomic E-state index is -3.98. The number of nitrogens with zero attached hydrogens (tertiary/aromatic N) is 3. The lowest BCUT2D eigenvalue weighted by molar-refractivity contribution is 0.443. The number of hydrogen-bond donors (Lipinski definition) is 4. The van der Waals surface area contributed by atoms with E-state index in [2.05, 4.69) is 30.2 Å². The molecule has 0 saturated carbocycles. The molecule has 0 aliphatic rings. The quantitative estimate of drug-likeness (QED) is 0.299. The lowest BCUT2D eigenvalue weighted by Gasteiger charge is -2.16. The topological polar surface area (TPSA) is 148 Å². The predicted molar refractivity (Wildman–Crippen MR) is 118 cm³/mol. The van der Waals surface area contributed by atoms with E-state index in [9.17, 15) is 12.8 Å². The fourth-order valence-electron chi connectivity index (χ4n) is 3.00. The number of hydrogen-bond acceptors (Lipinski definition) is 7. The molecule has 166 valence electrons.